The summed E-state index contributed by atoms with van der Waals surface area (Å²) in [6, 6.07) is 0. The Kier molecular flexibility index (Phi) is 4.60. The van der Waals surface area contributed by atoms with Crippen molar-refractivity contribution in [3.05, 3.63) is 0 Å². The molecule has 0 rings (SSSR count). The van der Waals surface area contributed by atoms with Crippen LogP contribution in [0.2, 0.25) is 0 Å². The summed E-state index contributed by atoms with van der Waals surface area (Å²) in [6.07, 6.45) is 0. The van der Waals surface area contributed by atoms with Crippen molar-refractivity contribution in [3.63, 3.8) is 0 Å². The van der Waals surface area contributed by atoms with Crippen LogP contribution in [0.4, 0.5) is 0 Å². The van der Waals surface area contributed by atoms with Crippen molar-refractivity contribution in [3.8, 4) is 0 Å². The minimum atomic E-state index is -4.61. The first-order valence-corrected chi connectivity index (χ1v) is 2.68. The van der Waals surface area contributed by atoms with Gasteiger partial charge in [-0.1, -0.05) is 0 Å². The minimum absolute atomic E-state index is 0. The monoisotopic (exact) mass is 168 g/mol. The zero-order chi connectivity index (χ0) is 4.50. The van der Waals surface area contributed by atoms with Crippen LogP contribution < -0.4 is 0 Å². The van der Waals surface area contributed by atoms with Crippen LogP contribution in [-0.2, 0) is 0 Å². The van der Waals surface area contributed by atoms with Crippen molar-refractivity contribution < 1.29 is 19.2 Å². The van der Waals surface area contributed by atoms with Gasteiger partial charge >= 0.3 is 28.8 Å². The summed E-state index contributed by atoms with van der Waals surface area (Å²) in [6.45, 7) is 0. The maximum absolute atomic E-state index is 7.33. The van der Waals surface area contributed by atoms with Crippen LogP contribution in [0.15, 0.2) is 0 Å². The van der Waals surface area contributed by atoms with E-state index in [9.17, 15) is 0 Å². The maximum atomic E-state index is 7.33. The third-order valence-electron chi connectivity index (χ3n) is 0. The van der Waals surface area contributed by atoms with Crippen LogP contribution in [-0.4, -0.2) is 48.0 Å². The van der Waals surface area contributed by atoms with Gasteiger partial charge in [0.05, 0.1) is 0 Å². The second-order valence-corrected chi connectivity index (χ2v) is 1.80. The Morgan fingerprint density at radius 3 is 0.833 bits per heavy atom. The van der Waals surface area contributed by atoms with E-state index < -0.39 is 9.05 Å². The van der Waals surface area contributed by atoms with E-state index >= 15 is 0 Å². The molecule has 0 aliphatic carbocycles. The third kappa shape index (κ3) is 133. The van der Waals surface area contributed by atoms with Crippen LogP contribution in [0.1, 0.15) is 0 Å². The summed E-state index contributed by atoms with van der Waals surface area (Å²) in [4.78, 5) is 29.3. The van der Waals surface area contributed by atoms with Gasteiger partial charge < -0.3 is 19.2 Å². The van der Waals surface area contributed by atoms with Gasteiger partial charge in [0.15, 0.2) is 0 Å². The van der Waals surface area contributed by atoms with Gasteiger partial charge in [-0.3, -0.25) is 0 Å². The molecule has 6 heavy (non-hydrogen) atoms. The quantitative estimate of drug-likeness (QED) is 0.280. The molecule has 0 spiro atoms. The van der Waals surface area contributed by atoms with Gasteiger partial charge in [0, 0.05) is 0 Å². The van der Waals surface area contributed by atoms with E-state index in [2.05, 4.69) is 0 Å². The van der Waals surface area contributed by atoms with Crippen molar-refractivity contribution >= 4 is 28.8 Å². The topological polar surface area (TPSA) is 80.9 Å². The van der Waals surface area contributed by atoms with Gasteiger partial charge in [0.25, 0.3) is 0 Å². The molecule has 4 N–H and O–H groups in total. The molecule has 0 aromatic rings. The van der Waals surface area contributed by atoms with Crippen LogP contribution in [0.3, 0.4) is 0 Å². The normalized spacial score (nSPS) is 10.0. The summed E-state index contributed by atoms with van der Waals surface area (Å²) in [5, 5.41) is 0. The summed E-state index contributed by atoms with van der Waals surface area (Å²) in [5.74, 6) is 0. The van der Waals surface area contributed by atoms with Crippen molar-refractivity contribution in [2.24, 2.45) is 0 Å². The second kappa shape index (κ2) is 2.80. The Labute approximate surface area is 48.6 Å². The molecule has 0 aromatic carbocycles. The Hall–Kier alpha value is 0.693. The fourth-order valence-corrected chi connectivity index (χ4v) is 0. The first kappa shape index (κ1) is 9.85. The van der Waals surface area contributed by atoms with Gasteiger partial charge in [0.1, 0.15) is 0 Å². The van der Waals surface area contributed by atoms with Crippen LogP contribution in [0.5, 0.6) is 0 Å². The molecule has 0 aromatic heterocycles. The summed E-state index contributed by atoms with van der Waals surface area (Å²) in [7, 11) is -4.61. The number of rotatable bonds is 0. The Balaban J connectivity index is 0. The SMILES string of the molecule is O[Si](O)(O)O.[GaH3]. The zero-order valence-corrected chi connectivity index (χ0v) is 3.29. The summed E-state index contributed by atoms with van der Waals surface area (Å²) >= 11 is 0. The van der Waals surface area contributed by atoms with E-state index in [1.165, 1.54) is 0 Å². The number of hydrogen-bond acceptors (Lipinski definition) is 4. The van der Waals surface area contributed by atoms with E-state index in [4.69, 9.17) is 19.2 Å². The van der Waals surface area contributed by atoms with Gasteiger partial charge in [-0.2, -0.15) is 0 Å². The molecule has 0 saturated carbocycles. The van der Waals surface area contributed by atoms with E-state index in [-0.39, 0.29) is 19.8 Å². The standard InChI is InChI=1S/Ga.H4O4Si.3H/c;1-5(2,3)4;;;/h;1-4H;;;. The Bertz CT molecular complexity index is 23.0. The van der Waals surface area contributed by atoms with Crippen molar-refractivity contribution in [1.82, 2.24) is 0 Å². The predicted molar refractivity (Wildman–Crippen MR) is 24.6 cm³/mol. The van der Waals surface area contributed by atoms with Gasteiger partial charge in [-0.25, -0.2) is 0 Å². The molecule has 0 unspecified atom stereocenters. The van der Waals surface area contributed by atoms with Crippen LogP contribution in [0.25, 0.3) is 0 Å². The second-order valence-electron chi connectivity index (χ2n) is 0.600. The summed E-state index contributed by atoms with van der Waals surface area (Å²) in [5.41, 5.74) is 0. The molecule has 38 valence electrons. The molecule has 0 heterocycles. The fraction of sp³-hybridized carbons (Fsp3) is 0. The first-order chi connectivity index (χ1) is 2.00. The van der Waals surface area contributed by atoms with Gasteiger partial charge in [-0.15, -0.1) is 0 Å². The van der Waals surface area contributed by atoms with Crippen LogP contribution in [0, 0.1) is 0 Å². The molecule has 6 heteroatoms. The third-order valence-corrected chi connectivity index (χ3v) is 0. The molecule has 0 aliphatic heterocycles. The van der Waals surface area contributed by atoms with E-state index in [1.807, 2.05) is 0 Å². The van der Waals surface area contributed by atoms with Crippen molar-refractivity contribution in [2.45, 2.75) is 0 Å². The molecule has 0 amide bonds. The van der Waals surface area contributed by atoms with Crippen LogP contribution >= 0.6 is 0 Å². The molecule has 0 atom stereocenters. The predicted octanol–water partition coefficient (Wildman–Crippen LogP) is -3.79. The Morgan fingerprint density at radius 2 is 0.833 bits per heavy atom. The number of hydrogen-bond donors (Lipinski definition) is 4. The molecular weight excluding hydrogens is 162 g/mol. The van der Waals surface area contributed by atoms with Crippen molar-refractivity contribution in [2.75, 3.05) is 0 Å². The molecule has 0 saturated heterocycles. The molecule has 0 radical (unpaired) electrons. The zero-order valence-electron chi connectivity index (χ0n) is 2.29. The first-order valence-electron chi connectivity index (χ1n) is 0.894. The average Bonchev–Trinajstić information content (AvgIpc) is 0.722. The van der Waals surface area contributed by atoms with Gasteiger partial charge in [-0.05, 0) is 0 Å². The van der Waals surface area contributed by atoms with E-state index in [0.717, 1.165) is 0 Å². The van der Waals surface area contributed by atoms with E-state index in [0.29, 0.717) is 0 Å². The van der Waals surface area contributed by atoms with Crippen molar-refractivity contribution in [1.29, 1.82) is 0 Å². The molecule has 4 nitrogen and oxygen atoms in total. The molecule has 0 fully saturated rings. The average molecular weight is 169 g/mol. The van der Waals surface area contributed by atoms with Gasteiger partial charge in [0.2, 0.25) is 0 Å². The molecule has 0 bridgehead atoms. The fourth-order valence-electron chi connectivity index (χ4n) is 0. The molecular formula is H7GaO4Si. The summed E-state index contributed by atoms with van der Waals surface area (Å²) < 4.78 is 0. The Morgan fingerprint density at radius 1 is 0.833 bits per heavy atom. The van der Waals surface area contributed by atoms with E-state index in [1.54, 1.807) is 0 Å². The molecule has 0 aliphatic rings.